The Labute approximate surface area is 176 Å². The van der Waals surface area contributed by atoms with Crippen molar-refractivity contribution < 1.29 is 32.2 Å². The number of hydrogen-bond donors (Lipinski definition) is 1. The van der Waals surface area contributed by atoms with E-state index in [4.69, 9.17) is 21.1 Å². The average Bonchev–Trinajstić information content (AvgIpc) is 2.66. The first-order chi connectivity index (χ1) is 14.2. The number of ether oxygens (including phenoxy) is 2. The molecule has 1 aromatic carbocycles. The van der Waals surface area contributed by atoms with Crippen LogP contribution >= 0.6 is 11.6 Å². The van der Waals surface area contributed by atoms with E-state index in [0.29, 0.717) is 32.6 Å². The lowest BCUT2D eigenvalue weighted by Crippen LogP contribution is -2.65. The third-order valence-electron chi connectivity index (χ3n) is 5.57. The van der Waals surface area contributed by atoms with Gasteiger partial charge in [0.2, 0.25) is 5.91 Å². The zero-order valence-electron chi connectivity index (χ0n) is 16.0. The summed E-state index contributed by atoms with van der Waals surface area (Å²) in [5.41, 5.74) is -0.811. The summed E-state index contributed by atoms with van der Waals surface area (Å²) in [7, 11) is 0. The molecule has 3 heterocycles. The number of piperidine rings is 1. The van der Waals surface area contributed by atoms with E-state index in [-0.39, 0.29) is 54.0 Å². The van der Waals surface area contributed by atoms with Gasteiger partial charge in [-0.15, -0.1) is 0 Å². The summed E-state index contributed by atoms with van der Waals surface area (Å²) in [5.74, 6) is -0.191. The van der Waals surface area contributed by atoms with E-state index >= 15 is 0 Å². The molecule has 3 amide bonds. The van der Waals surface area contributed by atoms with Crippen molar-refractivity contribution >= 4 is 23.5 Å². The van der Waals surface area contributed by atoms with Crippen LogP contribution in [0.5, 0.6) is 0 Å². The molecule has 2 atom stereocenters. The zero-order chi connectivity index (χ0) is 21.5. The Morgan fingerprint density at radius 1 is 1.27 bits per heavy atom. The van der Waals surface area contributed by atoms with E-state index in [1.165, 1.54) is 12.1 Å². The number of urea groups is 1. The molecule has 164 valence electrons. The highest BCUT2D eigenvalue weighted by Crippen LogP contribution is 2.34. The Kier molecular flexibility index (Phi) is 5.82. The van der Waals surface area contributed by atoms with Crippen LogP contribution in [-0.4, -0.2) is 72.8 Å². The van der Waals surface area contributed by atoms with Gasteiger partial charge in [-0.05, 0) is 24.1 Å². The molecular formula is C19H21ClF3N3O4. The zero-order valence-corrected chi connectivity index (χ0v) is 16.7. The van der Waals surface area contributed by atoms with E-state index < -0.39 is 11.7 Å². The molecule has 0 bridgehead atoms. The highest BCUT2D eigenvalue weighted by molar-refractivity contribution is 6.30. The Morgan fingerprint density at radius 2 is 2.03 bits per heavy atom. The smallest absolute Gasteiger partial charge is 0.370 e. The molecule has 1 aromatic rings. The molecule has 0 saturated carbocycles. The van der Waals surface area contributed by atoms with Crippen LogP contribution in [0, 0.1) is 0 Å². The molecule has 0 aromatic heterocycles. The molecule has 0 spiro atoms. The fourth-order valence-corrected chi connectivity index (χ4v) is 4.09. The molecule has 1 N–H and O–H groups in total. The van der Waals surface area contributed by atoms with Crippen molar-refractivity contribution in [2.24, 2.45) is 0 Å². The summed E-state index contributed by atoms with van der Waals surface area (Å²) in [6, 6.07) is 3.19. The van der Waals surface area contributed by atoms with Gasteiger partial charge in [-0.1, -0.05) is 17.7 Å². The summed E-state index contributed by atoms with van der Waals surface area (Å²) in [6.45, 7) is 1.34. The van der Waals surface area contributed by atoms with Crippen LogP contribution in [0.25, 0.3) is 0 Å². The fourth-order valence-electron chi connectivity index (χ4n) is 3.92. The van der Waals surface area contributed by atoms with Gasteiger partial charge in [-0.2, -0.15) is 13.2 Å². The number of halogens is 4. The second-order valence-corrected chi connectivity index (χ2v) is 8.11. The number of alkyl halides is 3. The van der Waals surface area contributed by atoms with Gasteiger partial charge in [0.15, 0.2) is 0 Å². The number of morpholine rings is 1. The first kappa shape index (κ1) is 21.2. The minimum absolute atomic E-state index is 0.00629. The Morgan fingerprint density at radius 3 is 2.77 bits per heavy atom. The maximum atomic E-state index is 13.2. The molecule has 30 heavy (non-hydrogen) atoms. The van der Waals surface area contributed by atoms with Crippen LogP contribution < -0.4 is 5.32 Å². The van der Waals surface area contributed by atoms with Gasteiger partial charge in [0.25, 0.3) is 0 Å². The first-order valence-corrected chi connectivity index (χ1v) is 10.0. The number of likely N-dealkylation sites (tertiary alicyclic amines) is 2. The van der Waals surface area contributed by atoms with Crippen LogP contribution in [0.3, 0.4) is 0 Å². The summed E-state index contributed by atoms with van der Waals surface area (Å²) in [6.07, 6.45) is -4.29. The second-order valence-electron chi connectivity index (χ2n) is 7.68. The van der Waals surface area contributed by atoms with E-state index in [1.54, 1.807) is 9.80 Å². The number of carbonyl (C=O) groups is 2. The predicted molar refractivity (Wildman–Crippen MR) is 99.9 cm³/mol. The molecule has 11 heteroatoms. The number of carbonyl (C=O) groups excluding carboxylic acids is 2. The minimum atomic E-state index is -4.52. The van der Waals surface area contributed by atoms with Gasteiger partial charge >= 0.3 is 12.2 Å². The molecule has 3 aliphatic rings. The van der Waals surface area contributed by atoms with Gasteiger partial charge < -0.3 is 24.6 Å². The lowest BCUT2D eigenvalue weighted by molar-refractivity contribution is -0.141. The number of amides is 3. The molecular weight excluding hydrogens is 427 g/mol. The van der Waals surface area contributed by atoms with E-state index in [9.17, 15) is 22.8 Å². The fraction of sp³-hybridized carbons (Fsp3) is 0.579. The summed E-state index contributed by atoms with van der Waals surface area (Å²) < 4.78 is 50.5. The normalized spacial score (nSPS) is 24.9. The molecule has 3 aliphatic heterocycles. The van der Waals surface area contributed by atoms with E-state index in [2.05, 4.69) is 5.32 Å². The maximum Gasteiger partial charge on any atom is 0.416 e. The Balaban J connectivity index is 1.27. The highest BCUT2D eigenvalue weighted by Gasteiger charge is 2.40. The Hall–Kier alpha value is -2.04. The molecule has 0 aliphatic carbocycles. The van der Waals surface area contributed by atoms with Crippen molar-refractivity contribution in [1.82, 2.24) is 15.1 Å². The number of hydrogen-bond acceptors (Lipinski definition) is 4. The number of benzene rings is 1. The van der Waals surface area contributed by atoms with Crippen molar-refractivity contribution in [3.8, 4) is 0 Å². The monoisotopic (exact) mass is 447 g/mol. The largest absolute Gasteiger partial charge is 0.416 e. The molecule has 0 unspecified atom stereocenters. The van der Waals surface area contributed by atoms with Crippen molar-refractivity contribution in [1.29, 1.82) is 0 Å². The number of fused-ring (bicyclic) bond motifs is 1. The van der Waals surface area contributed by atoms with E-state index in [0.717, 1.165) is 6.07 Å². The summed E-state index contributed by atoms with van der Waals surface area (Å²) >= 11 is 5.68. The summed E-state index contributed by atoms with van der Waals surface area (Å²) in [5, 5.41) is 2.85. The van der Waals surface area contributed by atoms with Gasteiger partial charge in [-0.25, -0.2) is 4.79 Å². The third kappa shape index (κ3) is 4.50. The standard InChI is InChI=1S/C19H21ClF3N3O4/c20-12-2-1-11(14(5-12)19(21,22)23)9-29-13-6-26(7-13)18(28)25-4-3-16-15(8-25)24-17(27)10-30-16/h1-2,5,13,15-16H,3-4,6-10H2,(H,24,27)/t15-,16+/m1/s1. The van der Waals surface area contributed by atoms with Crippen LogP contribution in [0.1, 0.15) is 17.5 Å². The maximum absolute atomic E-state index is 13.2. The van der Waals surface area contributed by atoms with Crippen molar-refractivity contribution in [2.45, 2.75) is 37.5 Å². The number of nitrogens with one attached hydrogen (secondary N) is 1. The van der Waals surface area contributed by atoms with Crippen LogP contribution in [0.4, 0.5) is 18.0 Å². The number of nitrogens with zero attached hydrogens (tertiary/aromatic N) is 2. The SMILES string of the molecule is O=C1CO[C@H]2CCN(C(=O)N3CC(OCc4ccc(Cl)cc4C(F)(F)F)C3)C[C@H]2N1. The second kappa shape index (κ2) is 8.24. The minimum Gasteiger partial charge on any atom is -0.370 e. The van der Waals surface area contributed by atoms with Crippen molar-refractivity contribution in [2.75, 3.05) is 32.8 Å². The van der Waals surface area contributed by atoms with Crippen LogP contribution in [-0.2, 0) is 27.1 Å². The van der Waals surface area contributed by atoms with Crippen LogP contribution in [0.2, 0.25) is 5.02 Å². The van der Waals surface area contributed by atoms with Gasteiger partial charge in [0.1, 0.15) is 6.61 Å². The van der Waals surface area contributed by atoms with Crippen molar-refractivity contribution in [3.05, 3.63) is 34.3 Å². The predicted octanol–water partition coefficient (Wildman–Crippen LogP) is 2.27. The molecule has 0 radical (unpaired) electrons. The molecule has 3 saturated heterocycles. The molecule has 7 nitrogen and oxygen atoms in total. The molecule has 3 fully saturated rings. The first-order valence-electron chi connectivity index (χ1n) is 9.63. The summed E-state index contributed by atoms with van der Waals surface area (Å²) in [4.78, 5) is 27.4. The quantitative estimate of drug-likeness (QED) is 0.771. The molecule has 4 rings (SSSR count). The highest BCUT2D eigenvalue weighted by atomic mass is 35.5. The van der Waals surface area contributed by atoms with Gasteiger partial charge in [0.05, 0.1) is 43.5 Å². The van der Waals surface area contributed by atoms with Gasteiger partial charge in [-0.3, -0.25) is 4.79 Å². The third-order valence-corrected chi connectivity index (χ3v) is 5.80. The van der Waals surface area contributed by atoms with Gasteiger partial charge in [0, 0.05) is 18.1 Å². The Bertz CT molecular complexity index is 832. The topological polar surface area (TPSA) is 71.1 Å². The van der Waals surface area contributed by atoms with Crippen LogP contribution in [0.15, 0.2) is 18.2 Å². The number of rotatable bonds is 3. The lowest BCUT2D eigenvalue weighted by Gasteiger charge is -2.46. The lowest BCUT2D eigenvalue weighted by atomic mass is 10.0. The van der Waals surface area contributed by atoms with E-state index in [1.807, 2.05) is 0 Å². The van der Waals surface area contributed by atoms with Crippen molar-refractivity contribution in [3.63, 3.8) is 0 Å². The average molecular weight is 448 g/mol.